The Labute approximate surface area is 204 Å². The number of carbonyl (C=O) groups excluding carboxylic acids is 1. The molecule has 186 valence electrons. The Morgan fingerprint density at radius 3 is 2.65 bits per heavy atom. The van der Waals surface area contributed by atoms with E-state index in [9.17, 15) is 13.2 Å². The van der Waals surface area contributed by atoms with Gasteiger partial charge in [-0.15, -0.1) is 0 Å². The molecule has 1 amide bonds. The average Bonchev–Trinajstić information content (AvgIpc) is 2.84. The van der Waals surface area contributed by atoms with Crippen molar-refractivity contribution in [2.75, 3.05) is 40.3 Å². The molecule has 1 aliphatic heterocycles. The van der Waals surface area contributed by atoms with Crippen LogP contribution < -0.4 is 10.1 Å². The fourth-order valence-electron chi connectivity index (χ4n) is 4.37. The largest absolute Gasteiger partial charge is 0.495 e. The molecule has 1 heterocycles. The fourth-order valence-corrected chi connectivity index (χ4v) is 5.70. The van der Waals surface area contributed by atoms with Crippen molar-refractivity contribution in [3.8, 4) is 5.75 Å². The smallest absolute Gasteiger partial charge is 0.251 e. The Bertz CT molecular complexity index is 1040. The zero-order chi connectivity index (χ0) is 24.6. The standard InChI is InChI=1S/C26H37N3O4S/c1-21-10-9-17-29(19-21)16-8-7-15-27-26(30)23-13-14-24(33-3)25(18-23)34(31,32)28(2)20-22-11-5-4-6-12-22/h4-6,11-14,18,21H,7-10,15-17,19-20H2,1-3H3,(H,27,30). The molecule has 3 rings (SSSR count). The van der Waals surface area contributed by atoms with Crippen molar-refractivity contribution >= 4 is 15.9 Å². The van der Waals surface area contributed by atoms with E-state index in [-0.39, 0.29) is 23.1 Å². The van der Waals surface area contributed by atoms with E-state index in [1.807, 2.05) is 30.3 Å². The highest BCUT2D eigenvalue weighted by molar-refractivity contribution is 7.89. The minimum absolute atomic E-state index is 0.0136. The summed E-state index contributed by atoms with van der Waals surface area (Å²) in [6, 6.07) is 13.9. The third kappa shape index (κ3) is 7.04. The van der Waals surface area contributed by atoms with Gasteiger partial charge in [0.1, 0.15) is 10.6 Å². The van der Waals surface area contributed by atoms with Crippen LogP contribution in [-0.4, -0.2) is 63.9 Å². The van der Waals surface area contributed by atoms with Gasteiger partial charge in [-0.3, -0.25) is 4.79 Å². The second-order valence-corrected chi connectivity index (χ2v) is 11.1. The summed E-state index contributed by atoms with van der Waals surface area (Å²) >= 11 is 0. The maximum atomic E-state index is 13.3. The normalized spacial score (nSPS) is 17.0. The molecule has 1 atom stereocenters. The van der Waals surface area contributed by atoms with Crippen molar-refractivity contribution in [1.29, 1.82) is 0 Å². The third-order valence-electron chi connectivity index (χ3n) is 6.29. The van der Waals surface area contributed by atoms with Gasteiger partial charge in [-0.05, 0) is 68.5 Å². The topological polar surface area (TPSA) is 79.0 Å². The molecule has 0 radical (unpaired) electrons. The number of unbranched alkanes of at least 4 members (excludes halogenated alkanes) is 1. The molecule has 0 aromatic heterocycles. The number of ether oxygens (including phenoxy) is 1. The quantitative estimate of drug-likeness (QED) is 0.488. The zero-order valence-electron chi connectivity index (χ0n) is 20.5. The first-order valence-corrected chi connectivity index (χ1v) is 13.4. The summed E-state index contributed by atoms with van der Waals surface area (Å²) in [5.41, 5.74) is 1.18. The number of amides is 1. The summed E-state index contributed by atoms with van der Waals surface area (Å²) in [7, 11) is -0.909. The van der Waals surface area contributed by atoms with Crippen LogP contribution in [0, 0.1) is 5.92 Å². The number of piperidine rings is 1. The number of hydrogen-bond donors (Lipinski definition) is 1. The summed E-state index contributed by atoms with van der Waals surface area (Å²) in [5.74, 6) is 0.698. The molecule has 8 heteroatoms. The summed E-state index contributed by atoms with van der Waals surface area (Å²) in [5, 5.41) is 2.92. The van der Waals surface area contributed by atoms with Gasteiger partial charge in [0.2, 0.25) is 10.0 Å². The van der Waals surface area contributed by atoms with Crippen LogP contribution in [0.1, 0.15) is 48.5 Å². The molecule has 1 fully saturated rings. The van der Waals surface area contributed by atoms with Gasteiger partial charge in [-0.2, -0.15) is 4.31 Å². The first-order valence-electron chi connectivity index (χ1n) is 12.0. The monoisotopic (exact) mass is 487 g/mol. The molecule has 1 aliphatic rings. The van der Waals surface area contributed by atoms with E-state index in [0.717, 1.165) is 37.4 Å². The SMILES string of the molecule is COc1ccc(C(=O)NCCCCN2CCCC(C)C2)cc1S(=O)(=O)N(C)Cc1ccccc1. The van der Waals surface area contributed by atoms with Crippen LogP contribution in [0.2, 0.25) is 0 Å². The van der Waals surface area contributed by atoms with Gasteiger partial charge in [0.05, 0.1) is 7.11 Å². The number of carbonyl (C=O) groups is 1. The molecule has 1 N–H and O–H groups in total. The number of nitrogens with zero attached hydrogens (tertiary/aromatic N) is 2. The first kappa shape index (κ1) is 26.2. The number of likely N-dealkylation sites (tertiary alicyclic amines) is 1. The van der Waals surface area contributed by atoms with E-state index in [1.54, 1.807) is 6.07 Å². The van der Waals surface area contributed by atoms with Crippen LogP contribution in [0.4, 0.5) is 0 Å². The Hall–Kier alpha value is -2.42. The average molecular weight is 488 g/mol. The first-order chi connectivity index (χ1) is 16.3. The van der Waals surface area contributed by atoms with Gasteiger partial charge in [0, 0.05) is 32.2 Å². The van der Waals surface area contributed by atoms with Crippen molar-refractivity contribution in [2.45, 2.75) is 44.0 Å². The van der Waals surface area contributed by atoms with E-state index in [1.165, 1.54) is 50.0 Å². The van der Waals surface area contributed by atoms with Gasteiger partial charge in [-0.1, -0.05) is 37.3 Å². The molecule has 0 aliphatic carbocycles. The third-order valence-corrected chi connectivity index (χ3v) is 8.11. The van der Waals surface area contributed by atoms with Crippen LogP contribution in [-0.2, 0) is 16.6 Å². The number of benzene rings is 2. The van der Waals surface area contributed by atoms with Gasteiger partial charge in [0.25, 0.3) is 5.91 Å². The Kier molecular flexibility index (Phi) is 9.50. The lowest BCUT2D eigenvalue weighted by Crippen LogP contribution is -2.35. The Morgan fingerprint density at radius 1 is 1.18 bits per heavy atom. The molecule has 2 aromatic rings. The minimum atomic E-state index is -3.86. The molecule has 0 saturated carbocycles. The summed E-state index contributed by atoms with van der Waals surface area (Å²) in [6.07, 6.45) is 4.49. The van der Waals surface area contributed by atoms with Crippen LogP contribution >= 0.6 is 0 Å². The molecule has 0 spiro atoms. The van der Waals surface area contributed by atoms with Crippen LogP contribution in [0.15, 0.2) is 53.4 Å². The molecular weight excluding hydrogens is 450 g/mol. The van der Waals surface area contributed by atoms with Crippen molar-refractivity contribution in [2.24, 2.45) is 5.92 Å². The van der Waals surface area contributed by atoms with E-state index in [0.29, 0.717) is 12.1 Å². The molecule has 1 saturated heterocycles. The highest BCUT2D eigenvalue weighted by Gasteiger charge is 2.26. The van der Waals surface area contributed by atoms with Gasteiger partial charge < -0.3 is 15.0 Å². The predicted molar refractivity (Wildman–Crippen MR) is 134 cm³/mol. The molecule has 0 bridgehead atoms. The lowest BCUT2D eigenvalue weighted by atomic mass is 10.0. The second kappa shape index (κ2) is 12.3. The van der Waals surface area contributed by atoms with E-state index < -0.39 is 10.0 Å². The van der Waals surface area contributed by atoms with E-state index >= 15 is 0 Å². The number of methoxy groups -OCH3 is 1. The van der Waals surface area contributed by atoms with E-state index in [2.05, 4.69) is 17.1 Å². The van der Waals surface area contributed by atoms with Crippen molar-refractivity contribution in [1.82, 2.24) is 14.5 Å². The van der Waals surface area contributed by atoms with Gasteiger partial charge in [0.15, 0.2) is 0 Å². The molecule has 1 unspecified atom stereocenters. The predicted octanol–water partition coefficient (Wildman–Crippen LogP) is 3.76. The Balaban J connectivity index is 1.59. The number of sulfonamides is 1. The zero-order valence-corrected chi connectivity index (χ0v) is 21.3. The van der Waals surface area contributed by atoms with Crippen LogP contribution in [0.3, 0.4) is 0 Å². The summed E-state index contributed by atoms with van der Waals surface area (Å²) < 4.78 is 33.1. The second-order valence-electron chi connectivity index (χ2n) is 9.12. The Morgan fingerprint density at radius 2 is 1.94 bits per heavy atom. The highest BCUT2D eigenvalue weighted by atomic mass is 32.2. The van der Waals surface area contributed by atoms with Crippen molar-refractivity contribution < 1.29 is 17.9 Å². The van der Waals surface area contributed by atoms with Crippen LogP contribution in [0.5, 0.6) is 5.75 Å². The fraction of sp³-hybridized carbons (Fsp3) is 0.500. The number of hydrogen-bond acceptors (Lipinski definition) is 5. The summed E-state index contributed by atoms with van der Waals surface area (Å²) in [4.78, 5) is 15.2. The van der Waals surface area contributed by atoms with Crippen LogP contribution in [0.25, 0.3) is 0 Å². The highest BCUT2D eigenvalue weighted by Crippen LogP contribution is 2.28. The van der Waals surface area contributed by atoms with Crippen molar-refractivity contribution in [3.05, 3.63) is 59.7 Å². The van der Waals surface area contributed by atoms with Gasteiger partial charge in [-0.25, -0.2) is 8.42 Å². The minimum Gasteiger partial charge on any atom is -0.495 e. The maximum Gasteiger partial charge on any atom is 0.251 e. The van der Waals surface area contributed by atoms with E-state index in [4.69, 9.17) is 4.74 Å². The molecule has 7 nitrogen and oxygen atoms in total. The summed E-state index contributed by atoms with van der Waals surface area (Å²) in [6.45, 7) is 6.46. The number of nitrogens with one attached hydrogen (secondary N) is 1. The number of rotatable bonds is 11. The van der Waals surface area contributed by atoms with Gasteiger partial charge >= 0.3 is 0 Å². The van der Waals surface area contributed by atoms with Crippen molar-refractivity contribution in [3.63, 3.8) is 0 Å². The maximum absolute atomic E-state index is 13.3. The lowest BCUT2D eigenvalue weighted by molar-refractivity contribution is 0.0952. The molecular formula is C26H37N3O4S. The molecule has 2 aromatic carbocycles. The molecule has 34 heavy (non-hydrogen) atoms. The lowest BCUT2D eigenvalue weighted by Gasteiger charge is -2.30.